The number of aromatic nitrogens is 3. The van der Waals surface area contributed by atoms with Crippen LogP contribution in [0.1, 0.15) is 36.7 Å². The van der Waals surface area contributed by atoms with Crippen molar-refractivity contribution in [1.82, 2.24) is 20.1 Å². The molecule has 2 aliphatic heterocycles. The molecule has 2 aliphatic rings. The molecule has 2 N–H and O–H groups in total. The van der Waals surface area contributed by atoms with Crippen LogP contribution in [0.25, 0.3) is 0 Å². The number of aliphatic hydroxyl groups excluding tert-OH is 1. The third-order valence-corrected chi connectivity index (χ3v) is 4.77. The number of hydrogen-bond donors (Lipinski definition) is 2. The largest absolute Gasteiger partial charge is 0.486 e. The van der Waals surface area contributed by atoms with Crippen LogP contribution < -0.4 is 14.8 Å². The molecule has 0 fully saturated rings. The van der Waals surface area contributed by atoms with Gasteiger partial charge in [0.1, 0.15) is 19.0 Å². The molecule has 0 saturated heterocycles. The molecule has 4 rings (SSSR count). The van der Waals surface area contributed by atoms with Gasteiger partial charge in [-0.1, -0.05) is 13.0 Å². The Morgan fingerprint density at radius 2 is 2.16 bits per heavy atom. The predicted octanol–water partition coefficient (Wildman–Crippen LogP) is 1.25. The van der Waals surface area contributed by atoms with Crippen molar-refractivity contribution >= 4 is 0 Å². The molecule has 2 aromatic rings. The van der Waals surface area contributed by atoms with Gasteiger partial charge in [0.05, 0.1) is 12.6 Å². The number of nitrogens with one attached hydrogen (secondary N) is 1. The van der Waals surface area contributed by atoms with E-state index in [4.69, 9.17) is 9.47 Å². The van der Waals surface area contributed by atoms with Crippen molar-refractivity contribution in [2.45, 2.75) is 44.9 Å². The van der Waals surface area contributed by atoms with Gasteiger partial charge in [-0.3, -0.25) is 0 Å². The molecule has 1 aromatic carbocycles. The Kier molecular flexibility index (Phi) is 4.59. The van der Waals surface area contributed by atoms with Crippen molar-refractivity contribution in [3.05, 3.63) is 35.4 Å². The minimum Gasteiger partial charge on any atom is -0.486 e. The summed E-state index contributed by atoms with van der Waals surface area (Å²) in [5.41, 5.74) is 0.835. The number of ether oxygens (including phenoxy) is 2. The average molecular weight is 344 g/mol. The van der Waals surface area contributed by atoms with Crippen LogP contribution in [0.5, 0.6) is 11.5 Å². The maximum Gasteiger partial charge on any atom is 0.161 e. The summed E-state index contributed by atoms with van der Waals surface area (Å²) in [5, 5.41) is 18.5. The lowest BCUT2D eigenvalue weighted by molar-refractivity contribution is 0.158. The molecule has 0 bridgehead atoms. The van der Waals surface area contributed by atoms with Gasteiger partial charge in [-0.05, 0) is 24.1 Å². The highest BCUT2D eigenvalue weighted by atomic mass is 16.6. The number of rotatable bonds is 5. The van der Waals surface area contributed by atoms with Crippen LogP contribution in [-0.2, 0) is 19.4 Å². The third-order valence-electron chi connectivity index (χ3n) is 4.77. The SMILES string of the molecule is CCc1nc2n(n1)CC(NCC(O)c1ccc3c(c1)OCCO3)CC2. The topological polar surface area (TPSA) is 81.4 Å². The minimum atomic E-state index is -0.584. The molecule has 7 nitrogen and oxygen atoms in total. The average Bonchev–Trinajstić information content (AvgIpc) is 3.08. The van der Waals surface area contributed by atoms with Crippen molar-refractivity contribution in [3.8, 4) is 11.5 Å². The standard InChI is InChI=1S/C18H24N4O3/c1-2-17-20-18-6-4-13(11-22(18)21-17)19-10-14(23)12-3-5-15-16(9-12)25-8-7-24-15/h3,5,9,13-14,19,23H,2,4,6-8,10-11H2,1H3. The van der Waals surface area contributed by atoms with Gasteiger partial charge in [-0.15, -0.1) is 0 Å². The number of aliphatic hydroxyl groups is 1. The van der Waals surface area contributed by atoms with Crippen LogP contribution in [0.4, 0.5) is 0 Å². The molecule has 25 heavy (non-hydrogen) atoms. The van der Waals surface area contributed by atoms with Gasteiger partial charge in [-0.2, -0.15) is 5.10 Å². The van der Waals surface area contributed by atoms with Crippen LogP contribution >= 0.6 is 0 Å². The Morgan fingerprint density at radius 3 is 3.00 bits per heavy atom. The summed E-state index contributed by atoms with van der Waals surface area (Å²) in [5.74, 6) is 3.43. The first-order valence-electron chi connectivity index (χ1n) is 8.96. The summed E-state index contributed by atoms with van der Waals surface area (Å²) in [6, 6.07) is 5.92. The predicted molar refractivity (Wildman–Crippen MR) is 91.9 cm³/mol. The molecular formula is C18H24N4O3. The molecule has 3 heterocycles. The van der Waals surface area contributed by atoms with Gasteiger partial charge in [0.2, 0.25) is 0 Å². The molecule has 2 unspecified atom stereocenters. The molecular weight excluding hydrogens is 320 g/mol. The lowest BCUT2D eigenvalue weighted by Gasteiger charge is -2.25. The van der Waals surface area contributed by atoms with E-state index in [1.54, 1.807) is 0 Å². The van der Waals surface area contributed by atoms with Crippen molar-refractivity contribution in [3.63, 3.8) is 0 Å². The van der Waals surface area contributed by atoms with Crippen molar-refractivity contribution in [2.75, 3.05) is 19.8 Å². The van der Waals surface area contributed by atoms with Gasteiger partial charge < -0.3 is 19.9 Å². The Morgan fingerprint density at radius 1 is 1.32 bits per heavy atom. The van der Waals surface area contributed by atoms with Gasteiger partial charge >= 0.3 is 0 Å². The van der Waals surface area contributed by atoms with Gasteiger partial charge in [0, 0.05) is 25.4 Å². The summed E-state index contributed by atoms with van der Waals surface area (Å²) in [6.07, 6.45) is 2.21. The van der Waals surface area contributed by atoms with Gasteiger partial charge in [-0.25, -0.2) is 9.67 Å². The van der Waals surface area contributed by atoms with Gasteiger partial charge in [0.25, 0.3) is 0 Å². The molecule has 134 valence electrons. The number of fused-ring (bicyclic) bond motifs is 2. The lowest BCUT2D eigenvalue weighted by atomic mass is 10.1. The normalized spacial score (nSPS) is 20.2. The second-order valence-corrected chi connectivity index (χ2v) is 6.54. The van der Waals surface area contributed by atoms with Crippen LogP contribution in [-0.4, -0.2) is 45.7 Å². The maximum atomic E-state index is 10.5. The molecule has 0 saturated carbocycles. The summed E-state index contributed by atoms with van der Waals surface area (Å²) in [7, 11) is 0. The van der Waals surface area contributed by atoms with Crippen molar-refractivity contribution in [2.24, 2.45) is 0 Å². The fourth-order valence-electron chi connectivity index (χ4n) is 3.34. The zero-order valence-corrected chi connectivity index (χ0v) is 14.4. The van der Waals surface area contributed by atoms with E-state index in [-0.39, 0.29) is 0 Å². The summed E-state index contributed by atoms with van der Waals surface area (Å²) in [4.78, 5) is 4.54. The quantitative estimate of drug-likeness (QED) is 0.850. The van der Waals surface area contributed by atoms with E-state index >= 15 is 0 Å². The van der Waals surface area contributed by atoms with Crippen LogP contribution in [0, 0.1) is 0 Å². The summed E-state index contributed by atoms with van der Waals surface area (Å²) >= 11 is 0. The monoisotopic (exact) mass is 344 g/mol. The first kappa shape index (κ1) is 16.4. The number of aryl methyl sites for hydroxylation is 2. The summed E-state index contributed by atoms with van der Waals surface area (Å²) < 4.78 is 13.1. The fourth-order valence-corrected chi connectivity index (χ4v) is 3.34. The smallest absolute Gasteiger partial charge is 0.161 e. The lowest BCUT2D eigenvalue weighted by Crippen LogP contribution is -2.39. The van der Waals surface area contributed by atoms with E-state index in [2.05, 4.69) is 22.3 Å². The van der Waals surface area contributed by atoms with Gasteiger partial charge in [0.15, 0.2) is 17.3 Å². The van der Waals surface area contributed by atoms with E-state index in [1.807, 2.05) is 22.9 Å². The number of nitrogens with zero attached hydrogens (tertiary/aromatic N) is 3. The molecule has 1 aromatic heterocycles. The second kappa shape index (κ2) is 7.01. The minimum absolute atomic E-state index is 0.297. The Balaban J connectivity index is 1.35. The zero-order chi connectivity index (χ0) is 17.2. The van der Waals surface area contributed by atoms with E-state index in [9.17, 15) is 5.11 Å². The zero-order valence-electron chi connectivity index (χ0n) is 14.4. The molecule has 0 radical (unpaired) electrons. The highest BCUT2D eigenvalue weighted by Crippen LogP contribution is 2.32. The highest BCUT2D eigenvalue weighted by molar-refractivity contribution is 5.44. The molecule has 0 spiro atoms. The first-order valence-corrected chi connectivity index (χ1v) is 8.96. The number of benzene rings is 1. The van der Waals surface area contributed by atoms with Crippen molar-refractivity contribution < 1.29 is 14.6 Å². The Hall–Kier alpha value is -2.12. The number of hydrogen-bond acceptors (Lipinski definition) is 6. The maximum absolute atomic E-state index is 10.5. The van der Waals surface area contributed by atoms with E-state index < -0.39 is 6.10 Å². The molecule has 0 aliphatic carbocycles. The fraction of sp³-hybridized carbons (Fsp3) is 0.556. The van der Waals surface area contributed by atoms with Crippen LogP contribution in [0.3, 0.4) is 0 Å². The molecule has 7 heteroatoms. The molecule has 0 amide bonds. The second-order valence-electron chi connectivity index (χ2n) is 6.54. The molecule has 2 atom stereocenters. The Bertz CT molecular complexity index is 746. The van der Waals surface area contributed by atoms with Crippen LogP contribution in [0.2, 0.25) is 0 Å². The van der Waals surface area contributed by atoms with E-state index in [0.717, 1.165) is 48.8 Å². The summed E-state index contributed by atoms with van der Waals surface area (Å²) in [6.45, 7) is 4.49. The third kappa shape index (κ3) is 3.48. The van der Waals surface area contributed by atoms with E-state index in [0.29, 0.717) is 31.5 Å². The van der Waals surface area contributed by atoms with Crippen molar-refractivity contribution in [1.29, 1.82) is 0 Å². The highest BCUT2D eigenvalue weighted by Gasteiger charge is 2.22. The Labute approximate surface area is 147 Å². The first-order chi connectivity index (χ1) is 12.2. The van der Waals surface area contributed by atoms with Crippen LogP contribution in [0.15, 0.2) is 18.2 Å². The van der Waals surface area contributed by atoms with E-state index in [1.165, 1.54) is 0 Å².